The Hall–Kier alpha value is -2.74. The van der Waals surface area contributed by atoms with Crippen molar-refractivity contribution in [3.8, 4) is 11.5 Å². The summed E-state index contributed by atoms with van der Waals surface area (Å²) >= 11 is 0. The monoisotopic (exact) mass is 384 g/mol. The summed E-state index contributed by atoms with van der Waals surface area (Å²) in [6, 6.07) is 6.08. The second-order valence-electron chi connectivity index (χ2n) is 8.03. The fraction of sp³-hybridized carbons (Fsp3) is 0.333. The molecule has 2 aromatic rings. The van der Waals surface area contributed by atoms with E-state index in [0.717, 1.165) is 0 Å². The average molecular weight is 384 g/mol. The van der Waals surface area contributed by atoms with Gasteiger partial charge in [0.2, 0.25) is 0 Å². The highest BCUT2D eigenvalue weighted by Gasteiger charge is 2.50. The fourth-order valence-electron chi connectivity index (χ4n) is 4.17. The van der Waals surface area contributed by atoms with E-state index in [1.165, 1.54) is 26.0 Å². The first kappa shape index (κ1) is 18.6. The molecule has 0 saturated carbocycles. The van der Waals surface area contributed by atoms with Crippen LogP contribution in [0.5, 0.6) is 11.5 Å². The molecule has 2 aliphatic carbocycles. The summed E-state index contributed by atoms with van der Waals surface area (Å²) in [6.07, 6.45) is -2.07. The van der Waals surface area contributed by atoms with Crippen molar-refractivity contribution in [2.24, 2.45) is 0 Å². The van der Waals surface area contributed by atoms with Gasteiger partial charge in [0.25, 0.3) is 0 Å². The maximum atomic E-state index is 13.0. The van der Waals surface area contributed by atoms with Crippen molar-refractivity contribution in [3.05, 3.63) is 57.6 Å². The van der Waals surface area contributed by atoms with E-state index in [4.69, 9.17) is 0 Å². The van der Waals surface area contributed by atoms with Gasteiger partial charge >= 0.3 is 0 Å². The SMILES string of the molecule is CC(C)(O)[C@]1(O)Cc2c(O)c3c(c(O)c2[C@@H](O)C1)C(=O)c1ccccc1C3=O. The summed E-state index contributed by atoms with van der Waals surface area (Å²) in [5.74, 6) is -2.41. The Morgan fingerprint density at radius 3 is 2.00 bits per heavy atom. The normalized spacial score (nSPS) is 23.8. The molecule has 4 rings (SSSR count). The number of hydrogen-bond acceptors (Lipinski definition) is 7. The summed E-state index contributed by atoms with van der Waals surface area (Å²) in [4.78, 5) is 25.9. The molecule has 2 atom stereocenters. The Kier molecular flexibility index (Phi) is 3.75. The van der Waals surface area contributed by atoms with Gasteiger partial charge in [0.1, 0.15) is 11.5 Å². The van der Waals surface area contributed by atoms with E-state index in [2.05, 4.69) is 0 Å². The van der Waals surface area contributed by atoms with E-state index in [1.807, 2.05) is 0 Å². The first-order valence-corrected chi connectivity index (χ1v) is 8.90. The predicted molar refractivity (Wildman–Crippen MR) is 97.6 cm³/mol. The van der Waals surface area contributed by atoms with Crippen LogP contribution in [0.4, 0.5) is 0 Å². The summed E-state index contributed by atoms with van der Waals surface area (Å²) in [5, 5.41) is 53.4. The lowest BCUT2D eigenvalue weighted by molar-refractivity contribution is -0.154. The molecule has 146 valence electrons. The third kappa shape index (κ3) is 2.27. The van der Waals surface area contributed by atoms with Gasteiger partial charge in [-0.3, -0.25) is 9.59 Å². The lowest BCUT2D eigenvalue weighted by Gasteiger charge is -2.44. The van der Waals surface area contributed by atoms with Crippen molar-refractivity contribution in [1.82, 2.24) is 0 Å². The highest BCUT2D eigenvalue weighted by molar-refractivity contribution is 6.30. The van der Waals surface area contributed by atoms with Gasteiger partial charge in [0.15, 0.2) is 11.6 Å². The van der Waals surface area contributed by atoms with Gasteiger partial charge in [-0.25, -0.2) is 0 Å². The highest BCUT2D eigenvalue weighted by Crippen LogP contribution is 2.51. The molecule has 7 heteroatoms. The van der Waals surface area contributed by atoms with E-state index in [-0.39, 0.29) is 46.2 Å². The fourth-order valence-corrected chi connectivity index (χ4v) is 4.17. The maximum absolute atomic E-state index is 13.0. The first-order valence-electron chi connectivity index (χ1n) is 8.90. The molecule has 5 N–H and O–H groups in total. The molecule has 0 heterocycles. The van der Waals surface area contributed by atoms with Crippen molar-refractivity contribution in [2.75, 3.05) is 0 Å². The number of aromatic hydroxyl groups is 2. The minimum atomic E-state index is -1.81. The smallest absolute Gasteiger partial charge is 0.198 e. The molecule has 0 bridgehead atoms. The van der Waals surface area contributed by atoms with Gasteiger partial charge < -0.3 is 25.5 Å². The van der Waals surface area contributed by atoms with Crippen LogP contribution in [0, 0.1) is 0 Å². The second kappa shape index (κ2) is 5.64. The molecule has 0 aromatic heterocycles. The number of carbonyl (C=O) groups excluding carboxylic acids is 2. The average Bonchev–Trinajstić information content (AvgIpc) is 2.61. The molecule has 0 saturated heterocycles. The van der Waals surface area contributed by atoms with Crippen LogP contribution in [0.2, 0.25) is 0 Å². The number of aliphatic hydroxyl groups is 3. The van der Waals surface area contributed by atoms with Crippen molar-refractivity contribution in [2.45, 2.75) is 44.0 Å². The molecule has 28 heavy (non-hydrogen) atoms. The summed E-state index contributed by atoms with van der Waals surface area (Å²) < 4.78 is 0. The van der Waals surface area contributed by atoms with Crippen LogP contribution in [0.3, 0.4) is 0 Å². The molecule has 0 spiro atoms. The first-order chi connectivity index (χ1) is 13.0. The largest absolute Gasteiger partial charge is 0.507 e. The summed E-state index contributed by atoms with van der Waals surface area (Å²) in [5.41, 5.74) is -4.10. The minimum Gasteiger partial charge on any atom is -0.507 e. The number of ketones is 2. The van der Waals surface area contributed by atoms with E-state index in [9.17, 15) is 35.1 Å². The minimum absolute atomic E-state index is 0.0554. The number of phenols is 2. The van der Waals surface area contributed by atoms with Crippen molar-refractivity contribution in [3.63, 3.8) is 0 Å². The quantitative estimate of drug-likeness (QED) is 0.400. The van der Waals surface area contributed by atoms with Crippen LogP contribution >= 0.6 is 0 Å². The van der Waals surface area contributed by atoms with E-state index in [1.54, 1.807) is 12.1 Å². The Balaban J connectivity index is 2.02. The van der Waals surface area contributed by atoms with Crippen LogP contribution in [0.15, 0.2) is 24.3 Å². The number of aliphatic hydroxyl groups excluding tert-OH is 1. The van der Waals surface area contributed by atoms with Crippen molar-refractivity contribution >= 4 is 11.6 Å². The molecule has 2 aromatic carbocycles. The Bertz CT molecular complexity index is 1050. The van der Waals surface area contributed by atoms with E-state index in [0.29, 0.717) is 0 Å². The number of carbonyl (C=O) groups is 2. The zero-order valence-electron chi connectivity index (χ0n) is 15.4. The third-order valence-electron chi connectivity index (χ3n) is 5.93. The topological polar surface area (TPSA) is 135 Å². The van der Waals surface area contributed by atoms with Crippen LogP contribution < -0.4 is 0 Å². The van der Waals surface area contributed by atoms with Gasteiger partial charge in [-0.05, 0) is 13.8 Å². The third-order valence-corrected chi connectivity index (χ3v) is 5.93. The molecule has 0 fully saturated rings. The van der Waals surface area contributed by atoms with Gasteiger partial charge in [0, 0.05) is 35.1 Å². The zero-order valence-corrected chi connectivity index (χ0v) is 15.4. The van der Waals surface area contributed by atoms with Crippen LogP contribution in [0.25, 0.3) is 0 Å². The number of benzene rings is 2. The van der Waals surface area contributed by atoms with Crippen LogP contribution in [-0.4, -0.2) is 48.3 Å². The molecule has 0 amide bonds. The Morgan fingerprint density at radius 2 is 1.50 bits per heavy atom. The highest BCUT2D eigenvalue weighted by atomic mass is 16.4. The van der Waals surface area contributed by atoms with Crippen molar-refractivity contribution < 1.29 is 35.1 Å². The van der Waals surface area contributed by atoms with Crippen LogP contribution in [0.1, 0.15) is 69.3 Å². The van der Waals surface area contributed by atoms with Gasteiger partial charge in [-0.15, -0.1) is 0 Å². The van der Waals surface area contributed by atoms with Gasteiger partial charge in [-0.2, -0.15) is 0 Å². The Morgan fingerprint density at radius 1 is 1.00 bits per heavy atom. The Labute approximate surface area is 160 Å². The maximum Gasteiger partial charge on any atom is 0.198 e. The zero-order chi connectivity index (χ0) is 20.6. The molecular formula is C21H20O7. The molecule has 0 aliphatic heterocycles. The number of fused-ring (bicyclic) bond motifs is 3. The lowest BCUT2D eigenvalue weighted by atomic mass is 9.68. The molecule has 2 aliphatic rings. The standard InChI is InChI=1S/C21H20O7/c1-20(2,27)21(28)7-11-13(12(22)8-21)19(26)15-14(18(11)25)16(23)9-5-3-4-6-10(9)17(15)24/h3-6,12,22,25-28H,7-8H2,1-2H3/t12-,21-/m0/s1. The van der Waals surface area contributed by atoms with Gasteiger partial charge in [0.05, 0.1) is 28.4 Å². The van der Waals surface area contributed by atoms with E-state index >= 15 is 0 Å². The van der Waals surface area contributed by atoms with Gasteiger partial charge in [-0.1, -0.05) is 24.3 Å². The second-order valence-corrected chi connectivity index (χ2v) is 8.03. The molecule has 7 nitrogen and oxygen atoms in total. The van der Waals surface area contributed by atoms with Crippen molar-refractivity contribution in [1.29, 1.82) is 0 Å². The summed E-state index contributed by atoms with van der Waals surface area (Å²) in [7, 11) is 0. The van der Waals surface area contributed by atoms with E-state index < -0.39 is 40.4 Å². The molecular weight excluding hydrogens is 364 g/mol. The van der Waals surface area contributed by atoms with Crippen LogP contribution in [-0.2, 0) is 6.42 Å². The number of rotatable bonds is 1. The summed E-state index contributed by atoms with van der Waals surface area (Å²) in [6.45, 7) is 2.73. The number of hydrogen-bond donors (Lipinski definition) is 5. The predicted octanol–water partition coefficient (Wildman–Crippen LogP) is 1.35. The molecule has 0 radical (unpaired) electrons. The lowest BCUT2D eigenvalue weighted by Crippen LogP contribution is -2.54. The number of phenolic OH excluding ortho intramolecular Hbond substituents is 2. The molecule has 0 unspecified atom stereocenters.